The molecule has 2 unspecified atom stereocenters. The SMILES string of the molecule is CO/N=C(\C(=O)O)c1nc2ccccc2n([C@H]2C[C@H]3CCC[C@@H](C2)N3C2CC3CCCC(C3)C2)c1=O. The van der Waals surface area contributed by atoms with E-state index in [1.54, 1.807) is 0 Å². The highest BCUT2D eigenvalue weighted by Gasteiger charge is 2.45. The quantitative estimate of drug-likeness (QED) is 0.492. The molecule has 3 heterocycles. The third-order valence-corrected chi connectivity index (χ3v) is 9.30. The number of benzene rings is 1. The number of carbonyl (C=O) groups is 1. The van der Waals surface area contributed by atoms with E-state index in [2.05, 4.69) is 15.0 Å². The fourth-order valence-electron chi connectivity index (χ4n) is 8.08. The lowest BCUT2D eigenvalue weighted by atomic mass is 9.68. The molecular weight excluding hydrogens is 456 g/mol. The lowest BCUT2D eigenvalue weighted by Gasteiger charge is -2.55. The molecule has 2 aliphatic carbocycles. The second-order valence-electron chi connectivity index (χ2n) is 11.4. The summed E-state index contributed by atoms with van der Waals surface area (Å²) in [6.07, 6.45) is 13.7. The Labute approximate surface area is 211 Å². The molecule has 36 heavy (non-hydrogen) atoms. The third kappa shape index (κ3) is 4.13. The van der Waals surface area contributed by atoms with E-state index in [4.69, 9.17) is 4.84 Å². The summed E-state index contributed by atoms with van der Waals surface area (Å²) in [7, 11) is 1.28. The van der Waals surface area contributed by atoms with Gasteiger partial charge >= 0.3 is 5.97 Å². The predicted molar refractivity (Wildman–Crippen MR) is 137 cm³/mol. The zero-order valence-electron chi connectivity index (χ0n) is 21.0. The largest absolute Gasteiger partial charge is 0.476 e. The van der Waals surface area contributed by atoms with Gasteiger partial charge in [-0.3, -0.25) is 9.69 Å². The van der Waals surface area contributed by atoms with Gasteiger partial charge in [-0.2, -0.15) is 0 Å². The minimum Gasteiger partial charge on any atom is -0.476 e. The number of para-hydroxylation sites is 2. The van der Waals surface area contributed by atoms with E-state index in [0.29, 0.717) is 23.6 Å². The van der Waals surface area contributed by atoms with Gasteiger partial charge in [0, 0.05) is 24.2 Å². The molecule has 0 spiro atoms. The van der Waals surface area contributed by atoms with Gasteiger partial charge in [-0.25, -0.2) is 9.78 Å². The monoisotopic (exact) mass is 492 g/mol. The molecule has 0 radical (unpaired) electrons. The maximum absolute atomic E-state index is 13.8. The van der Waals surface area contributed by atoms with Crippen LogP contribution in [0.25, 0.3) is 11.0 Å². The molecule has 6 rings (SSSR count). The van der Waals surface area contributed by atoms with Crippen LogP contribution in [0.1, 0.15) is 82.4 Å². The molecule has 4 bridgehead atoms. The topological polar surface area (TPSA) is 97.0 Å². The maximum Gasteiger partial charge on any atom is 0.360 e. The minimum absolute atomic E-state index is 0.0105. The summed E-state index contributed by atoms with van der Waals surface area (Å²) in [6.45, 7) is 0. The highest BCUT2D eigenvalue weighted by atomic mass is 16.6. The number of carboxylic acid groups (broad SMARTS) is 1. The van der Waals surface area contributed by atoms with E-state index in [9.17, 15) is 14.7 Å². The molecule has 2 saturated heterocycles. The van der Waals surface area contributed by atoms with E-state index < -0.39 is 17.2 Å². The molecule has 1 N–H and O–H groups in total. The number of hydrogen-bond acceptors (Lipinski definition) is 6. The van der Waals surface area contributed by atoms with Gasteiger partial charge in [-0.1, -0.05) is 43.0 Å². The van der Waals surface area contributed by atoms with Crippen molar-refractivity contribution in [2.45, 2.75) is 94.8 Å². The average molecular weight is 493 g/mol. The molecule has 4 aliphatic rings. The maximum atomic E-state index is 13.8. The summed E-state index contributed by atoms with van der Waals surface area (Å²) < 4.78 is 1.82. The van der Waals surface area contributed by atoms with Crippen molar-refractivity contribution in [1.82, 2.24) is 14.5 Å². The van der Waals surface area contributed by atoms with Crippen LogP contribution >= 0.6 is 0 Å². The fourth-order valence-corrected chi connectivity index (χ4v) is 8.08. The van der Waals surface area contributed by atoms with Crippen LogP contribution in [0.4, 0.5) is 0 Å². The molecule has 8 nitrogen and oxygen atoms in total. The summed E-state index contributed by atoms with van der Waals surface area (Å²) in [5.74, 6) is 0.465. The van der Waals surface area contributed by atoms with Gasteiger partial charge in [-0.15, -0.1) is 0 Å². The number of aromatic nitrogens is 2. The first kappa shape index (κ1) is 23.6. The van der Waals surface area contributed by atoms with E-state index in [0.717, 1.165) is 30.2 Å². The second-order valence-corrected chi connectivity index (χ2v) is 11.4. The third-order valence-electron chi connectivity index (χ3n) is 9.30. The second kappa shape index (κ2) is 9.61. The van der Waals surface area contributed by atoms with Crippen molar-refractivity contribution in [3.8, 4) is 0 Å². The summed E-state index contributed by atoms with van der Waals surface area (Å²) in [5.41, 5.74) is 0.363. The molecule has 192 valence electrons. The van der Waals surface area contributed by atoms with E-state index in [-0.39, 0.29) is 11.7 Å². The van der Waals surface area contributed by atoms with Crippen molar-refractivity contribution in [2.75, 3.05) is 7.11 Å². The number of oxime groups is 1. The molecule has 1 aromatic heterocycles. The Morgan fingerprint density at radius 2 is 1.61 bits per heavy atom. The molecule has 2 aromatic rings. The highest BCUT2D eigenvalue weighted by Crippen LogP contribution is 2.47. The number of hydrogen-bond donors (Lipinski definition) is 1. The number of rotatable bonds is 5. The fraction of sp³-hybridized carbons (Fsp3) is 0.643. The minimum atomic E-state index is -1.32. The van der Waals surface area contributed by atoms with E-state index in [1.807, 2.05) is 28.8 Å². The Hall–Kier alpha value is -2.74. The Morgan fingerprint density at radius 1 is 0.944 bits per heavy atom. The zero-order chi connectivity index (χ0) is 24.8. The normalized spacial score (nSPS) is 32.9. The molecule has 2 saturated carbocycles. The van der Waals surface area contributed by atoms with Crippen molar-refractivity contribution in [3.05, 3.63) is 40.3 Å². The van der Waals surface area contributed by atoms with Gasteiger partial charge in [0.25, 0.3) is 5.56 Å². The van der Waals surface area contributed by atoms with Gasteiger partial charge < -0.3 is 14.5 Å². The van der Waals surface area contributed by atoms with E-state index in [1.165, 1.54) is 64.9 Å². The van der Waals surface area contributed by atoms with Crippen LogP contribution in [0, 0.1) is 11.8 Å². The van der Waals surface area contributed by atoms with Crippen LogP contribution in [0.3, 0.4) is 0 Å². The van der Waals surface area contributed by atoms with Gasteiger partial charge in [0.05, 0.1) is 11.0 Å². The number of fused-ring (bicyclic) bond motifs is 5. The smallest absolute Gasteiger partial charge is 0.360 e. The number of aliphatic carboxylic acids is 1. The van der Waals surface area contributed by atoms with Crippen LogP contribution < -0.4 is 5.56 Å². The Bertz CT molecular complexity index is 1210. The summed E-state index contributed by atoms with van der Waals surface area (Å²) >= 11 is 0. The molecule has 5 atom stereocenters. The van der Waals surface area contributed by atoms with Crippen LogP contribution in [0.2, 0.25) is 0 Å². The van der Waals surface area contributed by atoms with Crippen molar-refractivity contribution in [2.24, 2.45) is 17.0 Å². The average Bonchev–Trinajstić information content (AvgIpc) is 2.86. The van der Waals surface area contributed by atoms with E-state index >= 15 is 0 Å². The molecule has 1 aromatic carbocycles. The zero-order valence-corrected chi connectivity index (χ0v) is 21.0. The Balaban J connectivity index is 1.37. The highest BCUT2D eigenvalue weighted by molar-refractivity contribution is 6.41. The Kier molecular flexibility index (Phi) is 6.32. The summed E-state index contributed by atoms with van der Waals surface area (Å²) in [5, 5.41) is 13.4. The molecule has 4 fully saturated rings. The lowest BCUT2D eigenvalue weighted by molar-refractivity contribution is -0.129. The van der Waals surface area contributed by atoms with Crippen LogP contribution in [0.5, 0.6) is 0 Å². The first-order valence-corrected chi connectivity index (χ1v) is 13.7. The first-order chi connectivity index (χ1) is 17.5. The van der Waals surface area contributed by atoms with Crippen molar-refractivity contribution < 1.29 is 14.7 Å². The van der Waals surface area contributed by atoms with Crippen LogP contribution in [0.15, 0.2) is 34.2 Å². The van der Waals surface area contributed by atoms with Gasteiger partial charge in [0.15, 0.2) is 5.69 Å². The number of piperidine rings is 2. The van der Waals surface area contributed by atoms with Gasteiger partial charge in [0.2, 0.25) is 5.71 Å². The van der Waals surface area contributed by atoms with Crippen LogP contribution in [-0.2, 0) is 9.63 Å². The number of nitrogens with zero attached hydrogens (tertiary/aromatic N) is 4. The van der Waals surface area contributed by atoms with Gasteiger partial charge in [-0.05, 0) is 68.9 Å². The number of carboxylic acids is 1. The summed E-state index contributed by atoms with van der Waals surface area (Å²) in [4.78, 5) is 37.8. The molecule has 0 amide bonds. The molecule has 2 aliphatic heterocycles. The summed E-state index contributed by atoms with van der Waals surface area (Å²) in [6, 6.07) is 9.16. The van der Waals surface area contributed by atoms with Crippen molar-refractivity contribution in [1.29, 1.82) is 0 Å². The first-order valence-electron chi connectivity index (χ1n) is 13.7. The van der Waals surface area contributed by atoms with Crippen molar-refractivity contribution in [3.63, 3.8) is 0 Å². The lowest BCUT2D eigenvalue weighted by Crippen LogP contribution is -2.58. The standard InChI is InChI=1S/C28H36N4O4/c1-36-30-26(28(34)35)25-27(33)32(24-11-3-2-10-23(24)29-25)22-15-19-8-5-9-20(16-22)31(19)21-13-17-6-4-7-18(12-17)14-21/h2-3,10-11,17-22H,4-9,12-16H2,1H3,(H,34,35)/b30-26-/t17?,18?,19-,20+,21?,22+. The van der Waals surface area contributed by atoms with Gasteiger partial charge in [0.1, 0.15) is 7.11 Å². The van der Waals surface area contributed by atoms with Crippen molar-refractivity contribution >= 4 is 22.7 Å². The predicted octanol–water partition coefficient (Wildman–Crippen LogP) is 4.36. The molecular formula is C28H36N4O4. The Morgan fingerprint density at radius 3 is 2.28 bits per heavy atom. The molecule has 8 heteroatoms. The van der Waals surface area contributed by atoms with Crippen LogP contribution in [-0.4, -0.2) is 56.5 Å².